The molecule has 122 valence electrons. The SMILES string of the molecule is CCCS(=O)(=O)N1CCCCC1C(=O)N(C)C1CCNC1. The van der Waals surface area contributed by atoms with Gasteiger partial charge in [0.2, 0.25) is 15.9 Å². The number of carbonyl (C=O) groups is 1. The van der Waals surface area contributed by atoms with Crippen molar-refractivity contribution >= 4 is 15.9 Å². The van der Waals surface area contributed by atoms with Crippen molar-refractivity contribution in [1.29, 1.82) is 0 Å². The highest BCUT2D eigenvalue weighted by molar-refractivity contribution is 7.89. The van der Waals surface area contributed by atoms with Gasteiger partial charge in [0.05, 0.1) is 5.75 Å². The number of likely N-dealkylation sites (N-methyl/N-ethyl adjacent to an activating group) is 1. The average Bonchev–Trinajstić information content (AvgIpc) is 3.00. The minimum absolute atomic E-state index is 0.0388. The number of nitrogens with zero attached hydrogens (tertiary/aromatic N) is 2. The molecule has 6 nitrogen and oxygen atoms in total. The van der Waals surface area contributed by atoms with E-state index in [0.29, 0.717) is 19.4 Å². The minimum atomic E-state index is -3.31. The van der Waals surface area contributed by atoms with Crippen molar-refractivity contribution in [3.05, 3.63) is 0 Å². The van der Waals surface area contributed by atoms with Gasteiger partial charge in [0.15, 0.2) is 0 Å². The van der Waals surface area contributed by atoms with Crippen LogP contribution in [-0.4, -0.2) is 68.0 Å². The molecule has 0 spiro atoms. The largest absolute Gasteiger partial charge is 0.340 e. The molecule has 2 saturated heterocycles. The number of rotatable bonds is 5. The minimum Gasteiger partial charge on any atom is -0.340 e. The lowest BCUT2D eigenvalue weighted by atomic mass is 10.0. The third-order valence-corrected chi connectivity index (χ3v) is 6.56. The Morgan fingerprint density at radius 1 is 1.33 bits per heavy atom. The molecule has 0 aromatic carbocycles. The molecule has 0 aromatic rings. The number of nitrogens with one attached hydrogen (secondary N) is 1. The van der Waals surface area contributed by atoms with E-state index in [2.05, 4.69) is 5.32 Å². The van der Waals surface area contributed by atoms with E-state index in [9.17, 15) is 13.2 Å². The maximum absolute atomic E-state index is 12.7. The predicted octanol–water partition coefficient (Wildman–Crippen LogP) is 0.401. The van der Waals surface area contributed by atoms with Crippen molar-refractivity contribution in [2.45, 2.75) is 51.1 Å². The maximum atomic E-state index is 12.7. The molecule has 2 rings (SSSR count). The van der Waals surface area contributed by atoms with Crippen LogP contribution in [0.5, 0.6) is 0 Å². The van der Waals surface area contributed by atoms with Crippen LogP contribution in [0, 0.1) is 0 Å². The van der Waals surface area contributed by atoms with Gasteiger partial charge in [0, 0.05) is 26.2 Å². The van der Waals surface area contributed by atoms with Gasteiger partial charge in [-0.3, -0.25) is 4.79 Å². The molecule has 0 aliphatic carbocycles. The summed E-state index contributed by atoms with van der Waals surface area (Å²) < 4.78 is 26.2. The molecule has 0 aromatic heterocycles. The zero-order chi connectivity index (χ0) is 15.5. The number of sulfonamides is 1. The second-order valence-corrected chi connectivity index (χ2v) is 8.08. The quantitative estimate of drug-likeness (QED) is 0.797. The smallest absolute Gasteiger partial charge is 0.241 e. The lowest BCUT2D eigenvalue weighted by molar-refractivity contribution is -0.136. The Morgan fingerprint density at radius 2 is 2.10 bits per heavy atom. The third kappa shape index (κ3) is 3.76. The Hall–Kier alpha value is -0.660. The van der Waals surface area contributed by atoms with Gasteiger partial charge in [0.1, 0.15) is 6.04 Å². The Kier molecular flexibility index (Phi) is 5.62. The molecule has 2 unspecified atom stereocenters. The molecule has 2 aliphatic heterocycles. The summed E-state index contributed by atoms with van der Waals surface area (Å²) in [6.45, 7) is 4.06. The Labute approximate surface area is 127 Å². The van der Waals surface area contributed by atoms with Crippen LogP contribution in [0.3, 0.4) is 0 Å². The summed E-state index contributed by atoms with van der Waals surface area (Å²) in [6, 6.07) is -0.309. The van der Waals surface area contributed by atoms with Gasteiger partial charge in [-0.1, -0.05) is 13.3 Å². The number of hydrogen-bond donors (Lipinski definition) is 1. The van der Waals surface area contributed by atoms with Crippen molar-refractivity contribution in [3.8, 4) is 0 Å². The van der Waals surface area contributed by atoms with Gasteiger partial charge in [-0.2, -0.15) is 4.31 Å². The van der Waals surface area contributed by atoms with Crippen LogP contribution in [0.1, 0.15) is 39.0 Å². The van der Waals surface area contributed by atoms with Crippen LogP contribution >= 0.6 is 0 Å². The summed E-state index contributed by atoms with van der Waals surface area (Å²) in [5.41, 5.74) is 0. The van der Waals surface area contributed by atoms with Crippen molar-refractivity contribution in [2.24, 2.45) is 0 Å². The molecule has 2 fully saturated rings. The van der Waals surface area contributed by atoms with Crippen LogP contribution in [0.15, 0.2) is 0 Å². The van der Waals surface area contributed by atoms with Crippen LogP contribution in [-0.2, 0) is 14.8 Å². The predicted molar refractivity (Wildman–Crippen MR) is 82.5 cm³/mol. The average molecular weight is 317 g/mol. The topological polar surface area (TPSA) is 69.7 Å². The fourth-order valence-electron chi connectivity index (χ4n) is 3.24. The Morgan fingerprint density at radius 3 is 2.71 bits per heavy atom. The lowest BCUT2D eigenvalue weighted by Gasteiger charge is -2.37. The van der Waals surface area contributed by atoms with E-state index >= 15 is 0 Å². The normalized spacial score (nSPS) is 27.7. The molecule has 2 atom stereocenters. The summed E-state index contributed by atoms with van der Waals surface area (Å²) in [5, 5.41) is 3.25. The fourth-order valence-corrected chi connectivity index (χ4v) is 4.99. The van der Waals surface area contributed by atoms with E-state index < -0.39 is 16.1 Å². The summed E-state index contributed by atoms with van der Waals surface area (Å²) in [5.74, 6) is 0.0916. The number of carbonyl (C=O) groups excluding carboxylic acids is 1. The first-order chi connectivity index (χ1) is 9.97. The second-order valence-electron chi connectivity index (χ2n) is 6.03. The first-order valence-electron chi connectivity index (χ1n) is 7.94. The molecule has 7 heteroatoms. The van der Waals surface area contributed by atoms with Gasteiger partial charge < -0.3 is 10.2 Å². The summed E-state index contributed by atoms with van der Waals surface area (Å²) in [7, 11) is -1.51. The first-order valence-corrected chi connectivity index (χ1v) is 9.55. The summed E-state index contributed by atoms with van der Waals surface area (Å²) in [4.78, 5) is 14.5. The molecule has 0 bridgehead atoms. The molecule has 2 heterocycles. The molecule has 1 N–H and O–H groups in total. The highest BCUT2D eigenvalue weighted by Crippen LogP contribution is 2.24. The van der Waals surface area contributed by atoms with Crippen molar-refractivity contribution < 1.29 is 13.2 Å². The fraction of sp³-hybridized carbons (Fsp3) is 0.929. The van der Waals surface area contributed by atoms with E-state index in [1.807, 2.05) is 6.92 Å². The second kappa shape index (κ2) is 7.07. The molecule has 0 saturated carbocycles. The van der Waals surface area contributed by atoms with Gasteiger partial charge in [-0.05, 0) is 32.2 Å². The maximum Gasteiger partial charge on any atom is 0.241 e. The standard InChI is InChI=1S/C14H27N3O3S/c1-3-10-21(19,20)17-9-5-4-6-13(17)14(18)16(2)12-7-8-15-11-12/h12-13,15H,3-11H2,1-2H3. The van der Waals surface area contributed by atoms with E-state index in [1.165, 1.54) is 4.31 Å². The summed E-state index contributed by atoms with van der Waals surface area (Å²) in [6.07, 6.45) is 3.94. The van der Waals surface area contributed by atoms with Crippen LogP contribution in [0.2, 0.25) is 0 Å². The molecule has 1 amide bonds. The van der Waals surface area contributed by atoms with Crippen LogP contribution in [0.4, 0.5) is 0 Å². The highest BCUT2D eigenvalue weighted by atomic mass is 32.2. The van der Waals surface area contributed by atoms with E-state index in [4.69, 9.17) is 0 Å². The number of piperidine rings is 1. The van der Waals surface area contributed by atoms with Crippen molar-refractivity contribution in [2.75, 3.05) is 32.4 Å². The molecule has 0 radical (unpaired) electrons. The zero-order valence-corrected chi connectivity index (χ0v) is 13.9. The van der Waals surface area contributed by atoms with Gasteiger partial charge in [0.25, 0.3) is 0 Å². The Bertz CT molecular complexity index is 460. The molecular formula is C14H27N3O3S. The first kappa shape index (κ1) is 16.7. The van der Waals surface area contributed by atoms with Gasteiger partial charge in [-0.15, -0.1) is 0 Å². The van der Waals surface area contributed by atoms with Crippen LogP contribution in [0.25, 0.3) is 0 Å². The van der Waals surface area contributed by atoms with Gasteiger partial charge >= 0.3 is 0 Å². The monoisotopic (exact) mass is 317 g/mol. The van der Waals surface area contributed by atoms with Crippen molar-refractivity contribution in [1.82, 2.24) is 14.5 Å². The van der Waals surface area contributed by atoms with E-state index in [-0.39, 0.29) is 17.7 Å². The molecule has 21 heavy (non-hydrogen) atoms. The van der Waals surface area contributed by atoms with Crippen molar-refractivity contribution in [3.63, 3.8) is 0 Å². The lowest BCUT2D eigenvalue weighted by Crippen LogP contribution is -2.54. The van der Waals surface area contributed by atoms with E-state index in [0.717, 1.165) is 32.4 Å². The zero-order valence-electron chi connectivity index (χ0n) is 13.0. The number of hydrogen-bond acceptors (Lipinski definition) is 4. The van der Waals surface area contributed by atoms with Crippen LogP contribution < -0.4 is 5.32 Å². The Balaban J connectivity index is 2.12. The molecule has 2 aliphatic rings. The van der Waals surface area contributed by atoms with E-state index in [1.54, 1.807) is 11.9 Å². The highest BCUT2D eigenvalue weighted by Gasteiger charge is 2.39. The van der Waals surface area contributed by atoms with Gasteiger partial charge in [-0.25, -0.2) is 8.42 Å². The number of amides is 1. The summed E-state index contributed by atoms with van der Waals surface area (Å²) >= 11 is 0. The third-order valence-electron chi connectivity index (χ3n) is 4.49. The molecular weight excluding hydrogens is 290 g/mol.